The Kier molecular flexibility index (Phi) is 3.64. The van der Waals surface area contributed by atoms with Crippen molar-refractivity contribution in [1.82, 2.24) is 9.97 Å². The Hall–Kier alpha value is -2.17. The molecule has 1 N–H and O–H groups in total. The van der Waals surface area contributed by atoms with Crippen LogP contribution in [0.5, 0.6) is 0 Å². The first-order valence-electron chi connectivity index (χ1n) is 5.02. The molecule has 19 heavy (non-hydrogen) atoms. The summed E-state index contributed by atoms with van der Waals surface area (Å²) in [6.45, 7) is 0. The minimum absolute atomic E-state index is 0.0479. The lowest BCUT2D eigenvalue weighted by Crippen LogP contribution is -2.14. The van der Waals surface area contributed by atoms with E-state index < -0.39 is 10.0 Å². The highest BCUT2D eigenvalue weighted by atomic mass is 35.5. The summed E-state index contributed by atoms with van der Waals surface area (Å²) in [6, 6.07) is 7.48. The fraction of sp³-hybridized carbons (Fsp3) is 0. The number of nitriles is 1. The summed E-state index contributed by atoms with van der Waals surface area (Å²) in [5, 5.41) is 8.70. The summed E-state index contributed by atoms with van der Waals surface area (Å²) < 4.78 is 26.4. The maximum Gasteiger partial charge on any atom is 0.263 e. The van der Waals surface area contributed by atoms with Gasteiger partial charge in [-0.05, 0) is 18.2 Å². The first-order valence-corrected chi connectivity index (χ1v) is 6.88. The van der Waals surface area contributed by atoms with Gasteiger partial charge in [0.05, 0.1) is 16.5 Å². The fourth-order valence-electron chi connectivity index (χ4n) is 1.31. The van der Waals surface area contributed by atoms with Crippen LogP contribution in [0.3, 0.4) is 0 Å². The van der Waals surface area contributed by atoms with Crippen molar-refractivity contribution >= 4 is 27.4 Å². The lowest BCUT2D eigenvalue weighted by molar-refractivity contribution is 0.601. The van der Waals surface area contributed by atoms with E-state index in [4.69, 9.17) is 16.9 Å². The van der Waals surface area contributed by atoms with Gasteiger partial charge in [-0.15, -0.1) is 0 Å². The van der Waals surface area contributed by atoms with Crippen LogP contribution in [-0.2, 0) is 10.0 Å². The number of hydrogen-bond acceptors (Lipinski definition) is 5. The zero-order valence-electron chi connectivity index (χ0n) is 9.41. The van der Waals surface area contributed by atoms with E-state index in [9.17, 15) is 8.42 Å². The quantitative estimate of drug-likeness (QED) is 0.931. The van der Waals surface area contributed by atoms with Crippen LogP contribution in [0.15, 0.2) is 41.6 Å². The van der Waals surface area contributed by atoms with Gasteiger partial charge in [0.1, 0.15) is 0 Å². The van der Waals surface area contributed by atoms with Crippen LogP contribution in [0, 0.1) is 11.3 Å². The summed E-state index contributed by atoms with van der Waals surface area (Å²) in [4.78, 5) is 7.45. The number of halogens is 1. The minimum Gasteiger partial charge on any atom is -0.261 e. The van der Waals surface area contributed by atoms with Crippen LogP contribution < -0.4 is 4.72 Å². The lowest BCUT2D eigenvalue weighted by Gasteiger charge is -2.07. The monoisotopic (exact) mass is 294 g/mol. The van der Waals surface area contributed by atoms with Gasteiger partial charge >= 0.3 is 0 Å². The van der Waals surface area contributed by atoms with Gasteiger partial charge in [-0.3, -0.25) is 4.72 Å². The second-order valence-corrected chi connectivity index (χ2v) is 5.48. The standard InChI is InChI=1S/C11H7ClN4O2S/c12-10-11(15-5-4-14-10)16-19(17,18)9-3-1-2-8(6-9)7-13/h1-6H,(H,15,16). The van der Waals surface area contributed by atoms with Gasteiger partial charge in [0.15, 0.2) is 11.0 Å². The van der Waals surface area contributed by atoms with Gasteiger partial charge in [-0.1, -0.05) is 17.7 Å². The molecule has 0 unspecified atom stereocenters. The number of hydrogen-bond donors (Lipinski definition) is 1. The first-order chi connectivity index (χ1) is 9.03. The van der Waals surface area contributed by atoms with Crippen LogP contribution in [0.1, 0.15) is 5.56 Å². The van der Waals surface area contributed by atoms with Crippen molar-refractivity contribution in [2.75, 3.05) is 4.72 Å². The molecule has 8 heteroatoms. The summed E-state index contributed by atoms with van der Waals surface area (Å²) in [6.07, 6.45) is 2.66. The summed E-state index contributed by atoms with van der Waals surface area (Å²) >= 11 is 5.72. The molecule has 96 valence electrons. The Morgan fingerprint density at radius 1 is 1.26 bits per heavy atom. The maximum atomic E-state index is 12.1. The van der Waals surface area contributed by atoms with E-state index in [0.29, 0.717) is 0 Å². The van der Waals surface area contributed by atoms with Gasteiger partial charge in [-0.2, -0.15) is 5.26 Å². The molecule has 6 nitrogen and oxygen atoms in total. The van der Waals surface area contributed by atoms with Crippen molar-refractivity contribution in [3.05, 3.63) is 47.4 Å². The van der Waals surface area contributed by atoms with Crippen molar-refractivity contribution in [1.29, 1.82) is 5.26 Å². The van der Waals surface area contributed by atoms with E-state index in [1.54, 1.807) is 0 Å². The van der Waals surface area contributed by atoms with Crippen LogP contribution >= 0.6 is 11.6 Å². The van der Waals surface area contributed by atoms with Crippen molar-refractivity contribution in [3.63, 3.8) is 0 Å². The second-order valence-electron chi connectivity index (χ2n) is 3.44. The molecule has 2 aromatic rings. The molecule has 1 heterocycles. The number of benzene rings is 1. The maximum absolute atomic E-state index is 12.1. The molecule has 1 aromatic carbocycles. The van der Waals surface area contributed by atoms with E-state index in [-0.39, 0.29) is 21.4 Å². The smallest absolute Gasteiger partial charge is 0.261 e. The number of rotatable bonds is 3. The Bertz CT molecular complexity index is 755. The molecule has 2 rings (SSSR count). The summed E-state index contributed by atoms with van der Waals surface area (Å²) in [5.74, 6) is -0.0634. The average Bonchev–Trinajstić information content (AvgIpc) is 2.41. The van der Waals surface area contributed by atoms with Crippen molar-refractivity contribution in [2.45, 2.75) is 4.90 Å². The van der Waals surface area contributed by atoms with Crippen LogP contribution in [-0.4, -0.2) is 18.4 Å². The SMILES string of the molecule is N#Cc1cccc(S(=O)(=O)Nc2nccnc2Cl)c1. The number of anilines is 1. The van der Waals surface area contributed by atoms with Crippen molar-refractivity contribution in [3.8, 4) is 6.07 Å². The molecule has 0 aliphatic heterocycles. The molecule has 0 saturated heterocycles. The molecule has 0 fully saturated rings. The largest absolute Gasteiger partial charge is 0.263 e. The molecule has 0 bridgehead atoms. The van der Waals surface area contributed by atoms with Crippen molar-refractivity contribution < 1.29 is 8.42 Å². The highest BCUT2D eigenvalue weighted by Gasteiger charge is 2.17. The van der Waals surface area contributed by atoms with Gasteiger partial charge in [0, 0.05) is 12.4 Å². The third-order valence-corrected chi connectivity index (χ3v) is 3.77. The molecule has 1 aromatic heterocycles. The molecule has 0 amide bonds. The van der Waals surface area contributed by atoms with Crippen LogP contribution in [0.4, 0.5) is 5.82 Å². The lowest BCUT2D eigenvalue weighted by atomic mass is 10.2. The zero-order chi connectivity index (χ0) is 13.9. The first kappa shape index (κ1) is 13.3. The van der Waals surface area contributed by atoms with E-state index in [1.807, 2.05) is 6.07 Å². The van der Waals surface area contributed by atoms with Gasteiger partial charge in [0.2, 0.25) is 0 Å². The van der Waals surface area contributed by atoms with E-state index in [0.717, 1.165) is 0 Å². The molecular weight excluding hydrogens is 288 g/mol. The number of nitrogens with zero attached hydrogens (tertiary/aromatic N) is 3. The molecule has 0 atom stereocenters. The van der Waals surface area contributed by atoms with E-state index >= 15 is 0 Å². The summed E-state index contributed by atoms with van der Waals surface area (Å²) in [7, 11) is -3.86. The Balaban J connectivity index is 2.39. The Labute approximate surface area is 114 Å². The minimum atomic E-state index is -3.86. The molecular formula is C11H7ClN4O2S. The van der Waals surface area contributed by atoms with Crippen LogP contribution in [0.2, 0.25) is 5.15 Å². The highest BCUT2D eigenvalue weighted by Crippen LogP contribution is 2.19. The highest BCUT2D eigenvalue weighted by molar-refractivity contribution is 7.92. The molecule has 0 radical (unpaired) electrons. The average molecular weight is 295 g/mol. The number of aromatic nitrogens is 2. The molecule has 0 saturated carbocycles. The second kappa shape index (κ2) is 5.22. The third-order valence-electron chi connectivity index (χ3n) is 2.16. The fourth-order valence-corrected chi connectivity index (χ4v) is 2.58. The normalized spacial score (nSPS) is 10.7. The zero-order valence-corrected chi connectivity index (χ0v) is 11.0. The predicted octanol–water partition coefficient (Wildman–Crippen LogP) is 1.80. The number of nitrogens with one attached hydrogen (secondary N) is 1. The third kappa shape index (κ3) is 2.99. The van der Waals surface area contributed by atoms with E-state index in [1.165, 1.54) is 36.7 Å². The topological polar surface area (TPSA) is 95.7 Å². The van der Waals surface area contributed by atoms with Crippen LogP contribution in [0.25, 0.3) is 0 Å². The Morgan fingerprint density at radius 2 is 2.00 bits per heavy atom. The summed E-state index contributed by atoms with van der Waals surface area (Å²) in [5.41, 5.74) is 0.244. The van der Waals surface area contributed by atoms with Gasteiger partial charge < -0.3 is 0 Å². The Morgan fingerprint density at radius 3 is 2.68 bits per heavy atom. The van der Waals surface area contributed by atoms with Crippen molar-refractivity contribution in [2.24, 2.45) is 0 Å². The molecule has 0 spiro atoms. The van der Waals surface area contributed by atoms with Gasteiger partial charge in [-0.25, -0.2) is 18.4 Å². The number of sulfonamides is 1. The van der Waals surface area contributed by atoms with Gasteiger partial charge in [0.25, 0.3) is 10.0 Å². The predicted molar refractivity (Wildman–Crippen MR) is 69.0 cm³/mol. The van der Waals surface area contributed by atoms with E-state index in [2.05, 4.69) is 14.7 Å². The molecule has 0 aliphatic carbocycles. The molecule has 0 aliphatic rings.